The summed E-state index contributed by atoms with van der Waals surface area (Å²) in [4.78, 5) is 38.3. The number of aromatic nitrogens is 2. The molecule has 2 aliphatic rings. The largest absolute Gasteiger partial charge is 0.480 e. The molecule has 0 saturated carbocycles. The fourth-order valence-corrected chi connectivity index (χ4v) is 4.34. The van der Waals surface area contributed by atoms with Crippen LogP contribution in [0.3, 0.4) is 0 Å². The third kappa shape index (κ3) is 3.53. The molecule has 2 aromatic carbocycles. The number of hydrogen-bond donors (Lipinski definition) is 1. The van der Waals surface area contributed by atoms with E-state index in [0.717, 1.165) is 22.4 Å². The Morgan fingerprint density at radius 2 is 1.91 bits per heavy atom. The van der Waals surface area contributed by atoms with Crippen LogP contribution in [-0.2, 0) is 22.7 Å². The van der Waals surface area contributed by atoms with Gasteiger partial charge in [-0.2, -0.15) is 0 Å². The smallest absolute Gasteiger partial charge is 0.255 e. The van der Waals surface area contributed by atoms with Crippen molar-refractivity contribution in [3.63, 3.8) is 0 Å². The number of nitrogens with zero attached hydrogens (tertiary/aromatic N) is 3. The topological polar surface area (TPSA) is 93.5 Å². The molecule has 1 N–H and O–H groups in total. The van der Waals surface area contributed by atoms with Crippen molar-refractivity contribution in [1.82, 2.24) is 20.0 Å². The van der Waals surface area contributed by atoms with E-state index >= 15 is 0 Å². The molecule has 1 aromatic heterocycles. The Bertz CT molecular complexity index is 1220. The van der Waals surface area contributed by atoms with Crippen molar-refractivity contribution < 1.29 is 19.1 Å². The molecule has 0 aliphatic carbocycles. The Morgan fingerprint density at radius 3 is 2.66 bits per heavy atom. The van der Waals surface area contributed by atoms with Gasteiger partial charge >= 0.3 is 0 Å². The molecule has 3 heterocycles. The van der Waals surface area contributed by atoms with E-state index in [0.29, 0.717) is 31.0 Å². The summed E-state index contributed by atoms with van der Waals surface area (Å²) in [6, 6.07) is 16.9. The number of fused-ring (bicyclic) bond motifs is 1. The van der Waals surface area contributed by atoms with Crippen LogP contribution < -0.4 is 10.1 Å². The van der Waals surface area contributed by atoms with Gasteiger partial charge in [-0.25, -0.2) is 0 Å². The van der Waals surface area contributed by atoms with Crippen LogP contribution in [0.4, 0.5) is 0 Å². The first-order valence-electron chi connectivity index (χ1n) is 10.5. The number of ether oxygens (including phenoxy) is 1. The molecule has 0 radical (unpaired) electrons. The van der Waals surface area contributed by atoms with Gasteiger partial charge in [-0.1, -0.05) is 36.4 Å². The Morgan fingerprint density at radius 1 is 1.09 bits per heavy atom. The number of benzene rings is 2. The third-order valence-corrected chi connectivity index (χ3v) is 5.96. The molecule has 1 saturated heterocycles. The van der Waals surface area contributed by atoms with Crippen LogP contribution >= 0.6 is 0 Å². The molecule has 3 amide bonds. The molecule has 1 fully saturated rings. The monoisotopic (exact) mass is 430 g/mol. The lowest BCUT2D eigenvalue weighted by Gasteiger charge is -2.29. The average Bonchev–Trinajstić information content (AvgIpc) is 3.35. The molecule has 8 nitrogen and oxygen atoms in total. The maximum atomic E-state index is 13.0. The number of amides is 3. The number of methoxy groups -OCH3 is 1. The number of carbonyl (C=O) groups is 3. The summed E-state index contributed by atoms with van der Waals surface area (Å²) in [6.07, 6.45) is 0.582. The van der Waals surface area contributed by atoms with Crippen LogP contribution in [-0.4, -0.2) is 45.6 Å². The van der Waals surface area contributed by atoms with Crippen LogP contribution in [0.25, 0.3) is 11.3 Å². The van der Waals surface area contributed by atoms with Crippen molar-refractivity contribution >= 4 is 17.7 Å². The lowest BCUT2D eigenvalue weighted by atomic mass is 10.0. The Kier molecular flexibility index (Phi) is 4.97. The molecule has 32 heavy (non-hydrogen) atoms. The van der Waals surface area contributed by atoms with E-state index in [1.807, 2.05) is 53.2 Å². The van der Waals surface area contributed by atoms with Gasteiger partial charge in [0.1, 0.15) is 6.04 Å². The standard InChI is InChI=1S/C24H22N4O4/c1-32-22-12-20(28(26-22)13-15-5-3-2-4-6-15)16-7-8-18-17(11-16)14-27(24(18)31)19-9-10-21(29)25-23(19)30/h2-8,11-12,19H,9-10,13-14H2,1H3,(H,25,29,30). The summed E-state index contributed by atoms with van der Waals surface area (Å²) in [5.74, 6) is -0.374. The van der Waals surface area contributed by atoms with Gasteiger partial charge in [-0.15, -0.1) is 5.10 Å². The molecule has 5 rings (SSSR count). The SMILES string of the molecule is COc1cc(-c2ccc3c(c2)CN(C2CCC(=O)NC2=O)C3=O)n(Cc2ccccc2)n1. The maximum Gasteiger partial charge on any atom is 0.255 e. The lowest BCUT2D eigenvalue weighted by molar-refractivity contribution is -0.136. The zero-order valence-corrected chi connectivity index (χ0v) is 17.6. The first-order chi connectivity index (χ1) is 15.5. The van der Waals surface area contributed by atoms with E-state index in [1.165, 1.54) is 0 Å². The predicted octanol–water partition coefficient (Wildman–Crippen LogP) is 2.37. The molecule has 1 unspecified atom stereocenters. The van der Waals surface area contributed by atoms with Gasteiger partial charge in [0.25, 0.3) is 5.91 Å². The second kappa shape index (κ2) is 7.96. The van der Waals surface area contributed by atoms with Gasteiger partial charge in [0, 0.05) is 30.2 Å². The van der Waals surface area contributed by atoms with Crippen LogP contribution in [0.1, 0.15) is 34.3 Å². The summed E-state index contributed by atoms with van der Waals surface area (Å²) in [5.41, 5.74) is 4.33. The summed E-state index contributed by atoms with van der Waals surface area (Å²) >= 11 is 0. The van der Waals surface area contributed by atoms with Gasteiger partial charge in [-0.3, -0.25) is 24.4 Å². The zero-order chi connectivity index (χ0) is 22.2. The first kappa shape index (κ1) is 20.0. The molecular weight excluding hydrogens is 408 g/mol. The highest BCUT2D eigenvalue weighted by Gasteiger charge is 2.39. The van der Waals surface area contributed by atoms with E-state index in [-0.39, 0.29) is 18.2 Å². The number of rotatable bonds is 5. The van der Waals surface area contributed by atoms with Crippen molar-refractivity contribution in [2.24, 2.45) is 0 Å². The quantitative estimate of drug-likeness (QED) is 0.628. The van der Waals surface area contributed by atoms with Crippen LogP contribution in [0.5, 0.6) is 5.88 Å². The fraction of sp³-hybridized carbons (Fsp3) is 0.250. The fourth-order valence-electron chi connectivity index (χ4n) is 4.34. The van der Waals surface area contributed by atoms with Crippen LogP contribution in [0, 0.1) is 0 Å². The molecule has 1 atom stereocenters. The van der Waals surface area contributed by atoms with E-state index < -0.39 is 11.9 Å². The van der Waals surface area contributed by atoms with Crippen LogP contribution in [0.2, 0.25) is 0 Å². The molecule has 162 valence electrons. The first-order valence-corrected chi connectivity index (χ1v) is 10.5. The highest BCUT2D eigenvalue weighted by Crippen LogP contribution is 2.32. The van der Waals surface area contributed by atoms with Gasteiger partial charge in [0.15, 0.2) is 0 Å². The van der Waals surface area contributed by atoms with Crippen molar-refractivity contribution in [1.29, 1.82) is 0 Å². The van der Waals surface area contributed by atoms with Gasteiger partial charge in [0.05, 0.1) is 19.3 Å². The van der Waals surface area contributed by atoms with Crippen molar-refractivity contribution in [3.8, 4) is 17.1 Å². The van der Waals surface area contributed by atoms with E-state index in [4.69, 9.17) is 4.74 Å². The summed E-state index contributed by atoms with van der Waals surface area (Å²) in [6.45, 7) is 0.913. The number of piperidine rings is 1. The predicted molar refractivity (Wildman–Crippen MR) is 116 cm³/mol. The van der Waals surface area contributed by atoms with Gasteiger partial charge in [-0.05, 0) is 29.7 Å². The minimum atomic E-state index is -0.625. The van der Waals surface area contributed by atoms with Crippen molar-refractivity contribution in [2.75, 3.05) is 7.11 Å². The lowest BCUT2D eigenvalue weighted by Crippen LogP contribution is -2.52. The number of hydrogen-bond acceptors (Lipinski definition) is 5. The van der Waals surface area contributed by atoms with Gasteiger partial charge in [0.2, 0.25) is 17.7 Å². The molecule has 0 bridgehead atoms. The van der Waals surface area contributed by atoms with Crippen LogP contribution in [0.15, 0.2) is 54.6 Å². The van der Waals surface area contributed by atoms with Crippen molar-refractivity contribution in [2.45, 2.75) is 32.0 Å². The highest BCUT2D eigenvalue weighted by molar-refractivity contribution is 6.05. The molecule has 8 heteroatoms. The Hall–Kier alpha value is -3.94. The Balaban J connectivity index is 1.45. The maximum absolute atomic E-state index is 13.0. The Labute approximate surface area is 184 Å². The second-order valence-corrected chi connectivity index (χ2v) is 7.99. The molecule has 3 aromatic rings. The summed E-state index contributed by atoms with van der Waals surface area (Å²) in [7, 11) is 1.58. The third-order valence-electron chi connectivity index (χ3n) is 5.96. The van der Waals surface area contributed by atoms with E-state index in [1.54, 1.807) is 18.1 Å². The second-order valence-electron chi connectivity index (χ2n) is 7.99. The highest BCUT2D eigenvalue weighted by atomic mass is 16.5. The van der Waals surface area contributed by atoms with E-state index in [2.05, 4.69) is 10.4 Å². The minimum absolute atomic E-state index is 0.184. The number of carbonyl (C=O) groups excluding carboxylic acids is 3. The average molecular weight is 430 g/mol. The minimum Gasteiger partial charge on any atom is -0.480 e. The molecule has 0 spiro atoms. The number of nitrogens with one attached hydrogen (secondary N) is 1. The summed E-state index contributed by atoms with van der Waals surface area (Å²) < 4.78 is 7.23. The molecule has 2 aliphatic heterocycles. The summed E-state index contributed by atoms with van der Waals surface area (Å²) in [5, 5.41) is 6.88. The molecular formula is C24H22N4O4. The van der Waals surface area contributed by atoms with E-state index in [9.17, 15) is 14.4 Å². The zero-order valence-electron chi connectivity index (χ0n) is 17.6. The van der Waals surface area contributed by atoms with Crippen molar-refractivity contribution in [3.05, 3.63) is 71.3 Å². The van der Waals surface area contributed by atoms with Gasteiger partial charge < -0.3 is 9.64 Å². The normalized spacial score (nSPS) is 18.0. The number of imide groups is 1.